The highest BCUT2D eigenvalue weighted by atomic mass is 35.5. The lowest BCUT2D eigenvalue weighted by Crippen LogP contribution is -2.05. The standard InChI is InChI=1S/C13H15ClN2/c14-12-7-4-8-13(9-12)16-15-10-11-5-2-1-3-6-11/h1-2,4,7-11,16H,3,5-6H2/b15-10-/t11-/m0/s1. The summed E-state index contributed by atoms with van der Waals surface area (Å²) in [5.41, 5.74) is 3.92. The van der Waals surface area contributed by atoms with E-state index in [0.29, 0.717) is 5.92 Å². The maximum absolute atomic E-state index is 5.87. The van der Waals surface area contributed by atoms with Gasteiger partial charge < -0.3 is 0 Å². The molecule has 3 heteroatoms. The van der Waals surface area contributed by atoms with Crippen molar-refractivity contribution >= 4 is 23.5 Å². The molecule has 0 heterocycles. The van der Waals surface area contributed by atoms with Crippen molar-refractivity contribution in [3.05, 3.63) is 41.4 Å². The third kappa shape index (κ3) is 3.38. The third-order valence-electron chi connectivity index (χ3n) is 2.61. The first-order valence-corrected chi connectivity index (χ1v) is 5.92. The number of anilines is 1. The molecule has 1 aliphatic carbocycles. The Morgan fingerprint density at radius 3 is 3.06 bits per heavy atom. The summed E-state index contributed by atoms with van der Waals surface area (Å²) in [6, 6.07) is 7.57. The van der Waals surface area contributed by atoms with Crippen molar-refractivity contribution in [2.24, 2.45) is 11.0 Å². The fourth-order valence-electron chi connectivity index (χ4n) is 1.73. The van der Waals surface area contributed by atoms with Gasteiger partial charge in [0.05, 0.1) is 5.69 Å². The van der Waals surface area contributed by atoms with Gasteiger partial charge in [-0.1, -0.05) is 29.8 Å². The predicted octanol–water partition coefficient (Wildman–Crippen LogP) is 4.09. The number of nitrogens with zero attached hydrogens (tertiary/aromatic N) is 1. The second-order valence-electron chi connectivity index (χ2n) is 3.94. The number of rotatable bonds is 3. The minimum atomic E-state index is 0.566. The van der Waals surface area contributed by atoms with Gasteiger partial charge in [0.2, 0.25) is 0 Å². The number of halogens is 1. The van der Waals surface area contributed by atoms with Crippen LogP contribution in [0, 0.1) is 5.92 Å². The van der Waals surface area contributed by atoms with E-state index in [4.69, 9.17) is 11.6 Å². The van der Waals surface area contributed by atoms with Crippen LogP contribution in [-0.2, 0) is 0 Å². The Morgan fingerprint density at radius 2 is 2.31 bits per heavy atom. The van der Waals surface area contributed by atoms with E-state index in [0.717, 1.165) is 23.6 Å². The summed E-state index contributed by atoms with van der Waals surface area (Å²) in [4.78, 5) is 0. The van der Waals surface area contributed by atoms with Gasteiger partial charge >= 0.3 is 0 Å². The maximum atomic E-state index is 5.87. The monoisotopic (exact) mass is 234 g/mol. The molecule has 0 saturated carbocycles. The molecule has 1 N–H and O–H groups in total. The lowest BCUT2D eigenvalue weighted by molar-refractivity contribution is 0.627. The Labute approximate surface area is 101 Å². The number of nitrogens with one attached hydrogen (secondary N) is 1. The molecule has 0 unspecified atom stereocenters. The number of benzene rings is 1. The van der Waals surface area contributed by atoms with Gasteiger partial charge in [0.25, 0.3) is 0 Å². The van der Waals surface area contributed by atoms with E-state index in [1.807, 2.05) is 30.5 Å². The summed E-state index contributed by atoms with van der Waals surface area (Å²) < 4.78 is 0. The lowest BCUT2D eigenvalue weighted by atomic mass is 9.96. The minimum Gasteiger partial charge on any atom is -0.279 e. The quantitative estimate of drug-likeness (QED) is 0.475. The summed E-state index contributed by atoms with van der Waals surface area (Å²) in [6.07, 6.45) is 9.89. The topological polar surface area (TPSA) is 24.4 Å². The number of hydrogen-bond donors (Lipinski definition) is 1. The molecule has 0 aliphatic heterocycles. The van der Waals surface area contributed by atoms with Crippen LogP contribution < -0.4 is 5.43 Å². The Morgan fingerprint density at radius 1 is 1.38 bits per heavy atom. The molecule has 0 fully saturated rings. The van der Waals surface area contributed by atoms with E-state index in [9.17, 15) is 0 Å². The van der Waals surface area contributed by atoms with E-state index < -0.39 is 0 Å². The number of allylic oxidation sites excluding steroid dienone is 2. The van der Waals surface area contributed by atoms with E-state index >= 15 is 0 Å². The van der Waals surface area contributed by atoms with Crippen molar-refractivity contribution in [2.45, 2.75) is 19.3 Å². The molecule has 0 bridgehead atoms. The van der Waals surface area contributed by atoms with Crippen LogP contribution in [0.2, 0.25) is 5.02 Å². The van der Waals surface area contributed by atoms with Gasteiger partial charge in [0.15, 0.2) is 0 Å². The predicted molar refractivity (Wildman–Crippen MR) is 70.0 cm³/mol. The molecule has 2 nitrogen and oxygen atoms in total. The molecule has 16 heavy (non-hydrogen) atoms. The van der Waals surface area contributed by atoms with Gasteiger partial charge in [-0.25, -0.2) is 0 Å². The zero-order valence-corrected chi connectivity index (χ0v) is 9.82. The highest BCUT2D eigenvalue weighted by Crippen LogP contribution is 2.17. The molecule has 1 aliphatic rings. The zero-order chi connectivity index (χ0) is 11.2. The van der Waals surface area contributed by atoms with Crippen LogP contribution in [0.5, 0.6) is 0 Å². The van der Waals surface area contributed by atoms with Crippen molar-refractivity contribution in [1.82, 2.24) is 0 Å². The average molecular weight is 235 g/mol. The van der Waals surface area contributed by atoms with Crippen LogP contribution in [0.15, 0.2) is 41.5 Å². The summed E-state index contributed by atoms with van der Waals surface area (Å²) >= 11 is 5.87. The van der Waals surface area contributed by atoms with E-state index in [1.165, 1.54) is 6.42 Å². The summed E-state index contributed by atoms with van der Waals surface area (Å²) in [5.74, 6) is 0.566. The summed E-state index contributed by atoms with van der Waals surface area (Å²) in [5, 5.41) is 4.96. The second kappa shape index (κ2) is 5.71. The molecule has 0 amide bonds. The first-order valence-electron chi connectivity index (χ1n) is 5.54. The van der Waals surface area contributed by atoms with Gasteiger partial charge in [-0.3, -0.25) is 5.43 Å². The van der Waals surface area contributed by atoms with E-state index in [-0.39, 0.29) is 0 Å². The van der Waals surface area contributed by atoms with E-state index in [1.54, 1.807) is 0 Å². The van der Waals surface area contributed by atoms with Crippen LogP contribution >= 0.6 is 11.6 Å². The maximum Gasteiger partial charge on any atom is 0.0576 e. The van der Waals surface area contributed by atoms with Crippen LogP contribution in [0.3, 0.4) is 0 Å². The van der Waals surface area contributed by atoms with Crippen molar-refractivity contribution in [3.63, 3.8) is 0 Å². The fourth-order valence-corrected chi connectivity index (χ4v) is 1.92. The van der Waals surface area contributed by atoms with Gasteiger partial charge in [-0.05, 0) is 43.4 Å². The van der Waals surface area contributed by atoms with Gasteiger partial charge in [0.1, 0.15) is 0 Å². The van der Waals surface area contributed by atoms with Gasteiger partial charge in [-0.2, -0.15) is 5.10 Å². The molecule has 0 aromatic heterocycles. The molecule has 1 aromatic carbocycles. The smallest absolute Gasteiger partial charge is 0.0576 e. The van der Waals surface area contributed by atoms with Crippen LogP contribution in [0.25, 0.3) is 0 Å². The fraction of sp³-hybridized carbons (Fsp3) is 0.308. The van der Waals surface area contributed by atoms with E-state index in [2.05, 4.69) is 22.7 Å². The van der Waals surface area contributed by atoms with Crippen molar-refractivity contribution < 1.29 is 0 Å². The molecule has 1 aromatic rings. The average Bonchev–Trinajstić information content (AvgIpc) is 2.30. The normalized spacial score (nSPS) is 20.2. The Kier molecular flexibility index (Phi) is 4.00. The van der Waals surface area contributed by atoms with Crippen LogP contribution in [0.1, 0.15) is 19.3 Å². The Balaban J connectivity index is 1.86. The Hall–Kier alpha value is -1.28. The highest BCUT2D eigenvalue weighted by molar-refractivity contribution is 6.30. The molecular weight excluding hydrogens is 220 g/mol. The number of hydrazone groups is 1. The van der Waals surface area contributed by atoms with Crippen molar-refractivity contribution in [3.8, 4) is 0 Å². The van der Waals surface area contributed by atoms with Crippen LogP contribution in [0.4, 0.5) is 5.69 Å². The molecule has 84 valence electrons. The first-order chi connectivity index (χ1) is 7.84. The lowest BCUT2D eigenvalue weighted by Gasteiger charge is -2.11. The van der Waals surface area contributed by atoms with Crippen molar-refractivity contribution in [2.75, 3.05) is 5.43 Å². The third-order valence-corrected chi connectivity index (χ3v) is 2.85. The molecular formula is C13H15ClN2. The summed E-state index contributed by atoms with van der Waals surface area (Å²) in [6.45, 7) is 0. The van der Waals surface area contributed by atoms with Crippen LogP contribution in [-0.4, -0.2) is 6.21 Å². The molecule has 0 saturated heterocycles. The largest absolute Gasteiger partial charge is 0.279 e. The zero-order valence-electron chi connectivity index (χ0n) is 9.07. The first kappa shape index (κ1) is 11.2. The molecule has 0 spiro atoms. The van der Waals surface area contributed by atoms with Crippen molar-refractivity contribution in [1.29, 1.82) is 0 Å². The Bertz CT molecular complexity index is 399. The molecule has 2 rings (SSSR count). The minimum absolute atomic E-state index is 0.566. The van der Waals surface area contributed by atoms with Gasteiger partial charge in [0, 0.05) is 11.2 Å². The number of hydrogen-bond acceptors (Lipinski definition) is 2. The second-order valence-corrected chi connectivity index (χ2v) is 4.38. The summed E-state index contributed by atoms with van der Waals surface area (Å²) in [7, 11) is 0. The van der Waals surface area contributed by atoms with Gasteiger partial charge in [-0.15, -0.1) is 0 Å². The molecule has 1 atom stereocenters. The molecule has 0 radical (unpaired) electrons. The SMILES string of the molecule is Clc1cccc(N/N=C\[C@H]2CC=CCC2)c1. The highest BCUT2D eigenvalue weighted by Gasteiger charge is 2.05.